The number of hydrogen-bond donors (Lipinski definition) is 0. The molecule has 1 unspecified atom stereocenters. The van der Waals surface area contributed by atoms with Crippen molar-refractivity contribution in [3.05, 3.63) is 47.3 Å². The highest BCUT2D eigenvalue weighted by atomic mass is 32.2. The molecule has 7 nitrogen and oxygen atoms in total. The lowest BCUT2D eigenvalue weighted by Crippen LogP contribution is -2.34. The largest absolute Gasteiger partial charge is 0.268 e. The van der Waals surface area contributed by atoms with E-state index >= 15 is 0 Å². The average Bonchev–Trinajstić information content (AvgIpc) is 2.81. The van der Waals surface area contributed by atoms with Crippen LogP contribution >= 0.6 is 0 Å². The van der Waals surface area contributed by atoms with E-state index in [2.05, 4.69) is 5.10 Å². The van der Waals surface area contributed by atoms with Crippen LogP contribution < -0.4 is 0 Å². The first-order valence-electron chi connectivity index (χ1n) is 8.99. The van der Waals surface area contributed by atoms with Crippen LogP contribution in [0.25, 0.3) is 0 Å². The van der Waals surface area contributed by atoms with Crippen LogP contribution in [0.1, 0.15) is 35.5 Å². The van der Waals surface area contributed by atoms with Gasteiger partial charge in [0.15, 0.2) is 9.84 Å². The predicted octanol–water partition coefficient (Wildman–Crippen LogP) is 2.07. The molecule has 0 saturated carbocycles. The second kappa shape index (κ2) is 7.37. The van der Waals surface area contributed by atoms with Gasteiger partial charge in [-0.2, -0.15) is 9.40 Å². The van der Waals surface area contributed by atoms with E-state index in [4.69, 9.17) is 0 Å². The van der Waals surface area contributed by atoms with Crippen LogP contribution in [0, 0.1) is 13.8 Å². The first-order valence-corrected chi connectivity index (χ1v) is 12.1. The third kappa shape index (κ3) is 3.68. The summed E-state index contributed by atoms with van der Waals surface area (Å²) in [6, 6.07) is 9.00. The Hall–Kier alpha value is -1.71. The van der Waals surface area contributed by atoms with Crippen LogP contribution in [-0.2, 0) is 26.4 Å². The van der Waals surface area contributed by atoms with Crippen molar-refractivity contribution < 1.29 is 16.8 Å². The maximum absolute atomic E-state index is 13.2. The number of nitrogens with zero attached hydrogens (tertiary/aromatic N) is 3. The third-order valence-corrected chi connectivity index (χ3v) is 9.36. The van der Waals surface area contributed by atoms with Gasteiger partial charge in [-0.3, -0.25) is 4.68 Å². The van der Waals surface area contributed by atoms with E-state index in [9.17, 15) is 16.8 Å². The van der Waals surface area contributed by atoms with Crippen molar-refractivity contribution in [2.75, 3.05) is 18.8 Å². The van der Waals surface area contributed by atoms with E-state index in [1.165, 1.54) is 4.31 Å². The molecule has 1 aromatic heterocycles. The number of hydrogen-bond acceptors (Lipinski definition) is 5. The van der Waals surface area contributed by atoms with E-state index in [-0.39, 0.29) is 30.2 Å². The van der Waals surface area contributed by atoms with E-state index in [0.29, 0.717) is 23.5 Å². The topological polar surface area (TPSA) is 89.3 Å². The fourth-order valence-electron chi connectivity index (χ4n) is 3.70. The van der Waals surface area contributed by atoms with Crippen molar-refractivity contribution in [1.82, 2.24) is 14.1 Å². The Morgan fingerprint density at radius 2 is 1.81 bits per heavy atom. The number of rotatable bonds is 4. The molecule has 1 fully saturated rings. The van der Waals surface area contributed by atoms with Crippen molar-refractivity contribution in [3.63, 3.8) is 0 Å². The van der Waals surface area contributed by atoms with Crippen molar-refractivity contribution in [1.29, 1.82) is 0 Å². The normalized spacial score (nSPS) is 21.1. The Balaban J connectivity index is 1.95. The van der Waals surface area contributed by atoms with E-state index in [0.717, 1.165) is 0 Å². The summed E-state index contributed by atoms with van der Waals surface area (Å²) >= 11 is 0. The zero-order chi connectivity index (χ0) is 19.8. The molecule has 1 atom stereocenters. The van der Waals surface area contributed by atoms with Gasteiger partial charge in [-0.1, -0.05) is 30.3 Å². The molecule has 148 valence electrons. The highest BCUT2D eigenvalue weighted by Crippen LogP contribution is 2.32. The lowest BCUT2D eigenvalue weighted by Gasteiger charge is -2.20. The van der Waals surface area contributed by atoms with Gasteiger partial charge in [0, 0.05) is 19.6 Å². The molecule has 2 aromatic rings. The zero-order valence-corrected chi connectivity index (χ0v) is 17.4. The Kier molecular flexibility index (Phi) is 5.47. The second-order valence-corrected chi connectivity index (χ2v) is 11.0. The van der Waals surface area contributed by atoms with Crippen LogP contribution in [0.4, 0.5) is 0 Å². The molecule has 0 bridgehead atoms. The number of aryl methyl sites for hydroxylation is 2. The van der Waals surface area contributed by atoms with Gasteiger partial charge in [0.1, 0.15) is 4.90 Å². The SMILES string of the molecule is CCn1nc(C)c(S(=O)(=O)N2CCC(c3ccccc3)S(=O)(=O)CC2)c1C. The summed E-state index contributed by atoms with van der Waals surface area (Å²) in [6.07, 6.45) is 0.242. The van der Waals surface area contributed by atoms with Crippen LogP contribution in [0.5, 0.6) is 0 Å². The molecule has 0 amide bonds. The van der Waals surface area contributed by atoms with Gasteiger partial charge in [0.2, 0.25) is 10.0 Å². The van der Waals surface area contributed by atoms with Crippen LogP contribution in [0.2, 0.25) is 0 Å². The maximum Gasteiger partial charge on any atom is 0.246 e. The standard InChI is InChI=1S/C18H25N3O4S2/c1-4-21-15(3)18(14(2)19-21)27(24,25)20-11-10-17(26(22,23)13-12-20)16-8-6-5-7-9-16/h5-9,17H,4,10-13H2,1-3H3. The Morgan fingerprint density at radius 3 is 2.41 bits per heavy atom. The zero-order valence-electron chi connectivity index (χ0n) is 15.8. The van der Waals surface area contributed by atoms with Crippen molar-refractivity contribution >= 4 is 19.9 Å². The van der Waals surface area contributed by atoms with Gasteiger partial charge in [-0.25, -0.2) is 16.8 Å². The molecule has 0 radical (unpaired) electrons. The fraction of sp³-hybridized carbons (Fsp3) is 0.500. The summed E-state index contributed by atoms with van der Waals surface area (Å²) < 4.78 is 55.0. The van der Waals surface area contributed by atoms with Crippen molar-refractivity contribution in [3.8, 4) is 0 Å². The first kappa shape index (κ1) is 20.0. The monoisotopic (exact) mass is 411 g/mol. The van der Waals surface area contributed by atoms with Crippen LogP contribution in [0.3, 0.4) is 0 Å². The van der Waals surface area contributed by atoms with E-state index in [1.54, 1.807) is 42.8 Å². The van der Waals surface area contributed by atoms with Gasteiger partial charge >= 0.3 is 0 Å². The van der Waals surface area contributed by atoms with Gasteiger partial charge in [-0.05, 0) is 32.8 Å². The van der Waals surface area contributed by atoms with Crippen molar-refractivity contribution in [2.24, 2.45) is 0 Å². The summed E-state index contributed by atoms with van der Waals surface area (Å²) in [5, 5.41) is 3.62. The molecule has 1 aliphatic rings. The highest BCUT2D eigenvalue weighted by molar-refractivity contribution is 7.92. The lowest BCUT2D eigenvalue weighted by atomic mass is 10.1. The molecule has 3 rings (SSSR count). The number of benzene rings is 1. The van der Waals surface area contributed by atoms with Gasteiger partial charge in [0.05, 0.1) is 22.4 Å². The maximum atomic E-state index is 13.2. The summed E-state index contributed by atoms with van der Waals surface area (Å²) in [6.45, 7) is 6.01. The quantitative estimate of drug-likeness (QED) is 0.768. The molecule has 0 aliphatic carbocycles. The molecule has 9 heteroatoms. The average molecular weight is 412 g/mol. The molecular formula is C18H25N3O4S2. The molecule has 27 heavy (non-hydrogen) atoms. The summed E-state index contributed by atoms with van der Waals surface area (Å²) in [4.78, 5) is 0.194. The second-order valence-electron chi connectivity index (χ2n) is 6.77. The van der Waals surface area contributed by atoms with Gasteiger partial charge in [0.25, 0.3) is 0 Å². The smallest absolute Gasteiger partial charge is 0.246 e. The number of sulfone groups is 1. The molecule has 1 aromatic carbocycles. The minimum atomic E-state index is -3.81. The van der Waals surface area contributed by atoms with E-state index < -0.39 is 25.1 Å². The molecule has 1 aliphatic heterocycles. The number of aromatic nitrogens is 2. The van der Waals surface area contributed by atoms with Crippen LogP contribution in [-0.4, -0.2) is 49.8 Å². The summed E-state index contributed by atoms with van der Waals surface area (Å²) in [5.41, 5.74) is 1.74. The van der Waals surface area contributed by atoms with E-state index in [1.807, 2.05) is 13.0 Å². The Labute approximate surface area is 161 Å². The highest BCUT2D eigenvalue weighted by Gasteiger charge is 2.37. The Morgan fingerprint density at radius 1 is 1.15 bits per heavy atom. The predicted molar refractivity (Wildman–Crippen MR) is 104 cm³/mol. The minimum Gasteiger partial charge on any atom is -0.268 e. The lowest BCUT2D eigenvalue weighted by molar-refractivity contribution is 0.427. The van der Waals surface area contributed by atoms with Crippen LogP contribution in [0.15, 0.2) is 35.2 Å². The number of sulfonamides is 1. The molecule has 1 saturated heterocycles. The van der Waals surface area contributed by atoms with Gasteiger partial charge < -0.3 is 0 Å². The first-order chi connectivity index (χ1) is 12.7. The molecular weight excluding hydrogens is 386 g/mol. The van der Waals surface area contributed by atoms with Gasteiger partial charge in [-0.15, -0.1) is 0 Å². The summed E-state index contributed by atoms with van der Waals surface area (Å²) in [7, 11) is -7.24. The minimum absolute atomic E-state index is 0.0375. The Bertz CT molecular complexity index is 1030. The fourth-order valence-corrected chi connectivity index (χ4v) is 7.44. The molecule has 0 spiro atoms. The summed E-state index contributed by atoms with van der Waals surface area (Å²) in [5.74, 6) is -0.189. The molecule has 0 N–H and O–H groups in total. The van der Waals surface area contributed by atoms with Crippen molar-refractivity contribution in [2.45, 2.75) is 43.9 Å². The molecule has 2 heterocycles. The third-order valence-electron chi connectivity index (χ3n) is 5.08.